The second-order valence-corrected chi connectivity index (χ2v) is 5.95. The Balaban J connectivity index is 4.96. The number of carbonyl (C=O) groups excluding carboxylic acids is 2. The van der Waals surface area contributed by atoms with E-state index in [0.717, 1.165) is 0 Å². The third kappa shape index (κ3) is 9.30. The molecule has 26 heavy (non-hydrogen) atoms. The van der Waals surface area contributed by atoms with Gasteiger partial charge in [0.05, 0.1) is 12.1 Å². The van der Waals surface area contributed by atoms with E-state index in [1.54, 1.807) is 0 Å². The van der Waals surface area contributed by atoms with Gasteiger partial charge >= 0.3 is 11.9 Å². The minimum atomic E-state index is -1.53. The molecule has 0 saturated carbocycles. The third-order valence-corrected chi connectivity index (χ3v) is 3.63. The highest BCUT2D eigenvalue weighted by Gasteiger charge is 2.30. The summed E-state index contributed by atoms with van der Waals surface area (Å²) in [6.07, 6.45) is -0.484. The van der Waals surface area contributed by atoms with Gasteiger partial charge < -0.3 is 37.4 Å². The number of carbonyl (C=O) groups is 4. The van der Waals surface area contributed by atoms with Crippen LogP contribution in [0, 0.1) is 0 Å². The first-order valence-electron chi connectivity index (χ1n) is 8.29. The summed E-state index contributed by atoms with van der Waals surface area (Å²) < 4.78 is 0. The van der Waals surface area contributed by atoms with Crippen LogP contribution in [-0.2, 0) is 19.2 Å². The summed E-state index contributed by atoms with van der Waals surface area (Å²) in [6, 6.07) is -3.73. The summed E-state index contributed by atoms with van der Waals surface area (Å²) >= 11 is 0. The third-order valence-electron chi connectivity index (χ3n) is 3.63. The van der Waals surface area contributed by atoms with E-state index in [1.807, 2.05) is 0 Å². The van der Waals surface area contributed by atoms with Gasteiger partial charge in [0.1, 0.15) is 6.04 Å². The van der Waals surface area contributed by atoms with Gasteiger partial charge in [-0.1, -0.05) is 0 Å². The Morgan fingerprint density at radius 2 is 1.62 bits per heavy atom. The Labute approximate surface area is 151 Å². The molecule has 150 valence electrons. The van der Waals surface area contributed by atoms with Crippen molar-refractivity contribution in [2.24, 2.45) is 11.5 Å². The highest BCUT2D eigenvalue weighted by Crippen LogP contribution is 2.04. The lowest BCUT2D eigenvalue weighted by Gasteiger charge is -2.23. The van der Waals surface area contributed by atoms with E-state index in [1.165, 1.54) is 6.92 Å². The highest BCUT2D eigenvalue weighted by atomic mass is 16.4. The molecule has 0 heterocycles. The van der Waals surface area contributed by atoms with E-state index in [-0.39, 0.29) is 19.3 Å². The lowest BCUT2D eigenvalue weighted by Crippen LogP contribution is -2.56. The fourth-order valence-electron chi connectivity index (χ4n) is 2.09. The van der Waals surface area contributed by atoms with Gasteiger partial charge in [0.15, 0.2) is 6.04 Å². The molecule has 0 aliphatic carbocycles. The molecule has 0 radical (unpaired) electrons. The number of nitrogens with one attached hydrogen (secondary N) is 2. The Kier molecular flexibility index (Phi) is 11.1. The lowest BCUT2D eigenvalue weighted by molar-refractivity contribution is -0.145. The Bertz CT molecular complexity index is 498. The number of hydrogen-bond donors (Lipinski definition) is 7. The SMILES string of the molecule is C[C@@H](O)[C@H](NC(=O)[C@H](CCCCN)NC(=O)[C@@H](N)CCC(=O)O)C(=O)O. The first kappa shape index (κ1) is 23.8. The van der Waals surface area contributed by atoms with Crippen molar-refractivity contribution < 1.29 is 34.5 Å². The number of rotatable bonds is 13. The summed E-state index contributed by atoms with van der Waals surface area (Å²) in [5.41, 5.74) is 11.0. The van der Waals surface area contributed by atoms with Crippen molar-refractivity contribution >= 4 is 23.8 Å². The van der Waals surface area contributed by atoms with Gasteiger partial charge in [-0.2, -0.15) is 0 Å². The van der Waals surface area contributed by atoms with Gasteiger partial charge in [-0.05, 0) is 39.2 Å². The van der Waals surface area contributed by atoms with Gasteiger partial charge in [0, 0.05) is 6.42 Å². The van der Waals surface area contributed by atoms with Crippen LogP contribution in [0.2, 0.25) is 0 Å². The molecule has 0 rings (SSSR count). The number of unbranched alkanes of at least 4 members (excludes halogenated alkanes) is 1. The van der Waals surface area contributed by atoms with Crippen LogP contribution in [0.15, 0.2) is 0 Å². The number of aliphatic hydroxyl groups excluding tert-OH is 1. The molecule has 4 atom stereocenters. The van der Waals surface area contributed by atoms with Crippen LogP contribution in [0.1, 0.15) is 39.0 Å². The fourth-order valence-corrected chi connectivity index (χ4v) is 2.09. The van der Waals surface area contributed by atoms with E-state index < -0.39 is 48.0 Å². The lowest BCUT2D eigenvalue weighted by atomic mass is 10.1. The molecule has 0 aliphatic heterocycles. The molecule has 11 nitrogen and oxygen atoms in total. The summed E-state index contributed by atoms with van der Waals surface area (Å²) in [7, 11) is 0. The average molecular weight is 376 g/mol. The number of carboxylic acids is 2. The van der Waals surface area contributed by atoms with Crippen molar-refractivity contribution in [2.75, 3.05) is 6.54 Å². The Morgan fingerprint density at radius 3 is 2.08 bits per heavy atom. The van der Waals surface area contributed by atoms with Crippen LogP contribution < -0.4 is 22.1 Å². The molecule has 0 aromatic carbocycles. The monoisotopic (exact) mass is 376 g/mol. The molecular formula is C15H28N4O7. The average Bonchev–Trinajstić information content (AvgIpc) is 2.55. The van der Waals surface area contributed by atoms with Crippen molar-refractivity contribution in [2.45, 2.75) is 63.3 Å². The van der Waals surface area contributed by atoms with Crippen LogP contribution >= 0.6 is 0 Å². The Hall–Kier alpha value is -2.24. The summed E-state index contributed by atoms with van der Waals surface area (Å²) in [5, 5.41) is 31.7. The van der Waals surface area contributed by atoms with Crippen LogP contribution in [0.25, 0.3) is 0 Å². The smallest absolute Gasteiger partial charge is 0.328 e. The summed E-state index contributed by atoms with van der Waals surface area (Å²) in [5.74, 6) is -4.03. The van der Waals surface area contributed by atoms with Crippen molar-refractivity contribution in [3.63, 3.8) is 0 Å². The first-order chi connectivity index (χ1) is 12.1. The predicted molar refractivity (Wildman–Crippen MR) is 90.9 cm³/mol. The second-order valence-electron chi connectivity index (χ2n) is 5.95. The second kappa shape index (κ2) is 12.2. The normalized spacial score (nSPS) is 15.4. The standard InChI is InChI=1S/C15H28N4O7/c1-8(20)12(15(25)26)19-14(24)10(4-2-3-7-16)18-13(23)9(17)5-6-11(21)22/h8-10,12,20H,2-7,16-17H2,1H3,(H,18,23)(H,19,24)(H,21,22)(H,25,26)/t8-,9+,10+,12+/m1/s1. The van der Waals surface area contributed by atoms with Gasteiger partial charge in [-0.25, -0.2) is 4.79 Å². The maximum absolute atomic E-state index is 12.3. The molecular weight excluding hydrogens is 348 g/mol. The fraction of sp³-hybridized carbons (Fsp3) is 0.733. The van der Waals surface area contributed by atoms with Crippen LogP contribution in [0.4, 0.5) is 0 Å². The minimum Gasteiger partial charge on any atom is -0.481 e. The number of carboxylic acid groups (broad SMARTS) is 2. The zero-order chi connectivity index (χ0) is 20.3. The van der Waals surface area contributed by atoms with E-state index in [2.05, 4.69) is 10.6 Å². The van der Waals surface area contributed by atoms with Gasteiger partial charge in [-0.3, -0.25) is 14.4 Å². The maximum atomic E-state index is 12.3. The largest absolute Gasteiger partial charge is 0.481 e. The van der Waals surface area contributed by atoms with E-state index >= 15 is 0 Å². The zero-order valence-electron chi connectivity index (χ0n) is 14.7. The quantitative estimate of drug-likeness (QED) is 0.173. The Morgan fingerprint density at radius 1 is 1.00 bits per heavy atom. The van der Waals surface area contributed by atoms with Crippen molar-refractivity contribution in [3.05, 3.63) is 0 Å². The van der Waals surface area contributed by atoms with Gasteiger partial charge in [0.25, 0.3) is 0 Å². The number of nitrogens with two attached hydrogens (primary N) is 2. The number of aliphatic carboxylic acids is 2. The molecule has 0 aromatic rings. The zero-order valence-corrected chi connectivity index (χ0v) is 14.7. The van der Waals surface area contributed by atoms with Crippen LogP contribution in [0.3, 0.4) is 0 Å². The van der Waals surface area contributed by atoms with Crippen molar-refractivity contribution in [3.8, 4) is 0 Å². The van der Waals surface area contributed by atoms with Crippen LogP contribution in [-0.4, -0.2) is 69.8 Å². The minimum absolute atomic E-state index is 0.107. The molecule has 9 N–H and O–H groups in total. The van der Waals surface area contributed by atoms with Gasteiger partial charge in [0.2, 0.25) is 11.8 Å². The topological polar surface area (TPSA) is 205 Å². The molecule has 11 heteroatoms. The van der Waals surface area contributed by atoms with Crippen LogP contribution in [0.5, 0.6) is 0 Å². The molecule has 0 aliphatic rings. The first-order valence-corrected chi connectivity index (χ1v) is 8.29. The van der Waals surface area contributed by atoms with Crippen molar-refractivity contribution in [1.29, 1.82) is 0 Å². The number of amides is 2. The number of hydrogen-bond acceptors (Lipinski definition) is 7. The molecule has 0 bridgehead atoms. The maximum Gasteiger partial charge on any atom is 0.328 e. The molecule has 0 unspecified atom stereocenters. The molecule has 0 fully saturated rings. The number of aliphatic hydroxyl groups is 1. The molecule has 2 amide bonds. The van der Waals surface area contributed by atoms with Gasteiger partial charge in [-0.15, -0.1) is 0 Å². The molecule has 0 saturated heterocycles. The van der Waals surface area contributed by atoms with E-state index in [0.29, 0.717) is 19.4 Å². The predicted octanol–water partition coefficient (Wildman–Crippen LogP) is -2.26. The van der Waals surface area contributed by atoms with E-state index in [4.69, 9.17) is 21.7 Å². The summed E-state index contributed by atoms with van der Waals surface area (Å²) in [6.45, 7) is 1.59. The summed E-state index contributed by atoms with van der Waals surface area (Å²) in [4.78, 5) is 46.0. The highest BCUT2D eigenvalue weighted by molar-refractivity contribution is 5.92. The molecule has 0 aromatic heterocycles. The van der Waals surface area contributed by atoms with E-state index in [9.17, 15) is 24.3 Å². The van der Waals surface area contributed by atoms with Crippen molar-refractivity contribution in [1.82, 2.24) is 10.6 Å². The molecule has 0 spiro atoms.